The third-order valence-corrected chi connectivity index (χ3v) is 4.68. The van der Waals surface area contributed by atoms with Crippen LogP contribution in [0.2, 0.25) is 0 Å². The van der Waals surface area contributed by atoms with Crippen LogP contribution in [0, 0.1) is 20.8 Å². The van der Waals surface area contributed by atoms with Gasteiger partial charge in [0.25, 0.3) is 0 Å². The highest BCUT2D eigenvalue weighted by Gasteiger charge is 2.18. The molecule has 0 aliphatic rings. The molecular formula is C17H23NOS. The summed E-state index contributed by atoms with van der Waals surface area (Å²) in [6.07, 6.45) is 0. The summed E-state index contributed by atoms with van der Waals surface area (Å²) in [5.41, 5.74) is 5.06. The molecule has 108 valence electrons. The maximum Gasteiger partial charge on any atom is 0.124 e. The monoisotopic (exact) mass is 289 g/mol. The van der Waals surface area contributed by atoms with Gasteiger partial charge in [-0.05, 0) is 61.0 Å². The van der Waals surface area contributed by atoms with Crippen molar-refractivity contribution >= 4 is 11.3 Å². The lowest BCUT2D eigenvalue weighted by molar-refractivity contribution is 0.408. The zero-order valence-electron chi connectivity index (χ0n) is 12.9. The Bertz CT molecular complexity index is 565. The minimum atomic E-state index is 0.267. The van der Waals surface area contributed by atoms with E-state index in [-0.39, 0.29) is 6.04 Å². The summed E-state index contributed by atoms with van der Waals surface area (Å²) >= 11 is 1.82. The number of thiophene rings is 1. The van der Waals surface area contributed by atoms with Crippen molar-refractivity contribution in [2.75, 3.05) is 13.7 Å². The van der Waals surface area contributed by atoms with Gasteiger partial charge in [0.1, 0.15) is 5.75 Å². The molecule has 0 aliphatic carbocycles. The molecule has 1 heterocycles. The van der Waals surface area contributed by atoms with Gasteiger partial charge in [0.15, 0.2) is 0 Å². The standard InChI is InChI=1S/C17H23NOS/c1-6-18-15(17-11(2)7-8-20-17)14-9-12(3)16(19-5)13(4)10-14/h7-10,15,18H,6H2,1-5H3. The Morgan fingerprint density at radius 3 is 2.25 bits per heavy atom. The third-order valence-electron chi connectivity index (χ3n) is 3.59. The van der Waals surface area contributed by atoms with Gasteiger partial charge in [0.2, 0.25) is 0 Å². The highest BCUT2D eigenvalue weighted by molar-refractivity contribution is 7.10. The SMILES string of the molecule is CCNC(c1cc(C)c(OC)c(C)c1)c1sccc1C. The van der Waals surface area contributed by atoms with Gasteiger partial charge in [0.05, 0.1) is 13.2 Å². The van der Waals surface area contributed by atoms with Gasteiger partial charge >= 0.3 is 0 Å². The quantitative estimate of drug-likeness (QED) is 0.882. The third kappa shape index (κ3) is 2.89. The molecule has 2 rings (SSSR count). The van der Waals surface area contributed by atoms with E-state index >= 15 is 0 Å². The maximum absolute atomic E-state index is 5.47. The van der Waals surface area contributed by atoms with Crippen LogP contribution in [0.1, 0.15) is 40.1 Å². The highest BCUT2D eigenvalue weighted by atomic mass is 32.1. The molecule has 0 radical (unpaired) electrons. The van der Waals surface area contributed by atoms with Crippen LogP contribution in [0.4, 0.5) is 0 Å². The van der Waals surface area contributed by atoms with E-state index in [9.17, 15) is 0 Å². The zero-order chi connectivity index (χ0) is 14.7. The Hall–Kier alpha value is -1.32. The predicted octanol–water partition coefficient (Wildman–Crippen LogP) is 4.38. The average molecular weight is 289 g/mol. The van der Waals surface area contributed by atoms with E-state index in [0.717, 1.165) is 12.3 Å². The van der Waals surface area contributed by atoms with Crippen LogP contribution >= 0.6 is 11.3 Å². The second kappa shape index (κ2) is 6.42. The van der Waals surface area contributed by atoms with Gasteiger partial charge in [0, 0.05) is 4.88 Å². The second-order valence-corrected chi connectivity index (χ2v) is 6.09. The highest BCUT2D eigenvalue weighted by Crippen LogP contribution is 2.33. The summed E-state index contributed by atoms with van der Waals surface area (Å²) in [6.45, 7) is 9.50. The lowest BCUT2D eigenvalue weighted by atomic mass is 9.98. The van der Waals surface area contributed by atoms with Crippen molar-refractivity contribution in [2.45, 2.75) is 33.7 Å². The number of aryl methyl sites for hydroxylation is 3. The molecular weight excluding hydrogens is 266 g/mol. The Morgan fingerprint density at radius 2 is 1.80 bits per heavy atom. The van der Waals surface area contributed by atoms with Gasteiger partial charge in [-0.15, -0.1) is 11.3 Å². The van der Waals surface area contributed by atoms with Crippen LogP contribution in [0.5, 0.6) is 5.75 Å². The smallest absolute Gasteiger partial charge is 0.124 e. The van der Waals surface area contributed by atoms with Crippen molar-refractivity contribution in [3.05, 3.63) is 50.7 Å². The summed E-state index contributed by atoms with van der Waals surface area (Å²) in [5, 5.41) is 5.77. The number of rotatable bonds is 5. The topological polar surface area (TPSA) is 21.3 Å². The van der Waals surface area contributed by atoms with Gasteiger partial charge in [-0.3, -0.25) is 0 Å². The van der Waals surface area contributed by atoms with E-state index in [1.54, 1.807) is 7.11 Å². The molecule has 0 aliphatic heterocycles. The molecule has 0 bridgehead atoms. The van der Waals surface area contributed by atoms with E-state index in [1.165, 1.54) is 27.1 Å². The molecule has 0 fully saturated rings. The van der Waals surface area contributed by atoms with E-state index in [1.807, 2.05) is 11.3 Å². The predicted molar refractivity (Wildman–Crippen MR) is 87.0 cm³/mol. The van der Waals surface area contributed by atoms with Crippen LogP contribution in [-0.4, -0.2) is 13.7 Å². The van der Waals surface area contributed by atoms with E-state index in [4.69, 9.17) is 4.74 Å². The van der Waals surface area contributed by atoms with Crippen LogP contribution in [0.25, 0.3) is 0 Å². The molecule has 2 aromatic rings. The molecule has 1 N–H and O–H groups in total. The van der Waals surface area contributed by atoms with Crippen molar-refractivity contribution in [3.63, 3.8) is 0 Å². The number of methoxy groups -OCH3 is 1. The molecule has 1 aromatic heterocycles. The van der Waals surface area contributed by atoms with E-state index in [0.29, 0.717) is 0 Å². The molecule has 1 unspecified atom stereocenters. The largest absolute Gasteiger partial charge is 0.496 e. The minimum absolute atomic E-state index is 0.267. The zero-order valence-corrected chi connectivity index (χ0v) is 13.7. The molecule has 0 amide bonds. The lowest BCUT2D eigenvalue weighted by Gasteiger charge is -2.21. The Morgan fingerprint density at radius 1 is 1.15 bits per heavy atom. The fraction of sp³-hybridized carbons (Fsp3) is 0.412. The first-order valence-corrected chi connectivity index (χ1v) is 7.89. The molecule has 0 saturated carbocycles. The number of ether oxygens (including phenoxy) is 1. The minimum Gasteiger partial charge on any atom is -0.496 e. The summed E-state index contributed by atoms with van der Waals surface area (Å²) in [7, 11) is 1.74. The van der Waals surface area contributed by atoms with Gasteiger partial charge in [-0.1, -0.05) is 19.1 Å². The van der Waals surface area contributed by atoms with Crippen LogP contribution in [0.3, 0.4) is 0 Å². The first-order chi connectivity index (χ1) is 9.58. The molecule has 3 heteroatoms. The lowest BCUT2D eigenvalue weighted by Crippen LogP contribution is -2.22. The van der Waals surface area contributed by atoms with E-state index < -0.39 is 0 Å². The normalized spacial score (nSPS) is 12.4. The Labute approximate surface area is 125 Å². The van der Waals surface area contributed by atoms with E-state index in [2.05, 4.69) is 56.6 Å². The van der Waals surface area contributed by atoms with Crippen LogP contribution in [-0.2, 0) is 0 Å². The van der Waals surface area contributed by atoms with Crippen molar-refractivity contribution in [1.82, 2.24) is 5.32 Å². The van der Waals surface area contributed by atoms with Gasteiger partial charge in [-0.25, -0.2) is 0 Å². The molecule has 0 saturated heterocycles. The summed E-state index contributed by atoms with van der Waals surface area (Å²) in [5.74, 6) is 0.993. The first-order valence-electron chi connectivity index (χ1n) is 7.01. The van der Waals surface area contributed by atoms with Crippen molar-refractivity contribution in [2.24, 2.45) is 0 Å². The summed E-state index contributed by atoms with van der Waals surface area (Å²) < 4.78 is 5.47. The maximum atomic E-state index is 5.47. The number of hydrogen-bond acceptors (Lipinski definition) is 3. The number of benzene rings is 1. The Balaban J connectivity index is 2.48. The molecule has 0 spiro atoms. The molecule has 1 aromatic carbocycles. The molecule has 1 atom stereocenters. The number of hydrogen-bond donors (Lipinski definition) is 1. The molecule has 2 nitrogen and oxygen atoms in total. The first kappa shape index (κ1) is 15.1. The van der Waals surface area contributed by atoms with Crippen molar-refractivity contribution in [1.29, 1.82) is 0 Å². The number of nitrogens with one attached hydrogen (secondary N) is 1. The molecule has 20 heavy (non-hydrogen) atoms. The average Bonchev–Trinajstić information content (AvgIpc) is 2.81. The van der Waals surface area contributed by atoms with Gasteiger partial charge < -0.3 is 10.1 Å². The summed E-state index contributed by atoms with van der Waals surface area (Å²) in [6, 6.07) is 6.92. The fourth-order valence-corrected chi connectivity index (χ4v) is 3.75. The second-order valence-electron chi connectivity index (χ2n) is 5.15. The van der Waals surface area contributed by atoms with Crippen molar-refractivity contribution in [3.8, 4) is 5.75 Å². The van der Waals surface area contributed by atoms with Crippen molar-refractivity contribution < 1.29 is 4.74 Å². The van der Waals surface area contributed by atoms with Gasteiger partial charge in [-0.2, -0.15) is 0 Å². The fourth-order valence-electron chi connectivity index (χ4n) is 2.72. The van der Waals surface area contributed by atoms with Crippen LogP contribution < -0.4 is 10.1 Å². The summed E-state index contributed by atoms with van der Waals surface area (Å²) in [4.78, 5) is 1.40. The Kier molecular flexibility index (Phi) is 4.84. The van der Waals surface area contributed by atoms with Crippen LogP contribution in [0.15, 0.2) is 23.6 Å².